The van der Waals surface area contributed by atoms with Gasteiger partial charge in [-0.2, -0.15) is 9.67 Å². The van der Waals surface area contributed by atoms with E-state index in [-0.39, 0.29) is 35.0 Å². The highest BCUT2D eigenvalue weighted by molar-refractivity contribution is 8.44. The number of alkyl halides is 2. The van der Waals surface area contributed by atoms with E-state index in [0.717, 1.165) is 4.68 Å². The molecule has 0 saturated carbocycles. The fourth-order valence-corrected chi connectivity index (χ4v) is 7.58. The van der Waals surface area contributed by atoms with E-state index in [1.807, 2.05) is 0 Å². The summed E-state index contributed by atoms with van der Waals surface area (Å²) >= 11 is 7.72. The van der Waals surface area contributed by atoms with Crippen molar-refractivity contribution in [3.05, 3.63) is 28.9 Å². The van der Waals surface area contributed by atoms with E-state index >= 15 is 8.78 Å². The van der Waals surface area contributed by atoms with Crippen LogP contribution in [0.4, 0.5) is 20.5 Å². The molecule has 0 aliphatic carbocycles. The Morgan fingerprint density at radius 2 is 1.91 bits per heavy atom. The van der Waals surface area contributed by atoms with Crippen LogP contribution in [0.5, 0.6) is 0 Å². The van der Waals surface area contributed by atoms with Crippen molar-refractivity contribution in [2.24, 2.45) is 0 Å². The van der Waals surface area contributed by atoms with Crippen LogP contribution >= 0.6 is 38.5 Å². The number of halogens is 2. The average molecular weight is 727 g/mol. The van der Waals surface area contributed by atoms with Gasteiger partial charge in [0.05, 0.1) is 18.1 Å². The van der Waals surface area contributed by atoms with Crippen LogP contribution in [-0.2, 0) is 32.2 Å². The zero-order valence-electron chi connectivity index (χ0n) is 23.1. The Kier molecular flexibility index (Phi) is 9.42. The van der Waals surface area contributed by atoms with Crippen LogP contribution in [0.1, 0.15) is 18.9 Å². The van der Waals surface area contributed by atoms with Gasteiger partial charge in [-0.25, -0.2) is 23.3 Å². The first kappa shape index (κ1) is 33.2. The van der Waals surface area contributed by atoms with Gasteiger partial charge in [-0.15, -0.1) is 5.10 Å². The molecule has 25 heteroatoms. The molecule has 10 atom stereocenters. The molecule has 0 radical (unpaired) electrons. The highest BCUT2D eigenvalue weighted by Gasteiger charge is 2.52. The third-order valence-corrected chi connectivity index (χ3v) is 9.65. The standard InChI is InChI=1S/C21H26F2N10O9P2S2/c22-10-8(2-4-34)39-20(33-17-12(30-31-33)18(35)29-21(25)28-17)14(10)42-44(37,46)38-5-9-13(41-43(36)45)11(23)19(40-9)32-3-1-7-15(24)26-6-27-16(7)32/h1,3,6,8-11,13-14,19-20,34,43H,2,4-5H2,(H,36,45)(H,37,46)(H2,24,26,27)(H3,25,28,29,35)/t8-,9-,10+,11+,13-,14-,19-,20-,44?/m1/s1. The third kappa shape index (κ3) is 6.28. The van der Waals surface area contributed by atoms with Crippen LogP contribution in [0.25, 0.3) is 22.2 Å². The highest BCUT2D eigenvalue weighted by Crippen LogP contribution is 2.57. The maximum atomic E-state index is 15.7. The van der Waals surface area contributed by atoms with Gasteiger partial charge in [0, 0.05) is 12.8 Å². The highest BCUT2D eigenvalue weighted by atomic mass is 32.7. The van der Waals surface area contributed by atoms with Gasteiger partial charge in [-0.3, -0.25) is 23.4 Å². The van der Waals surface area contributed by atoms with Crippen molar-refractivity contribution in [2.45, 2.75) is 55.6 Å². The van der Waals surface area contributed by atoms with E-state index in [0.29, 0.717) is 5.39 Å². The molecule has 2 aliphatic heterocycles. The van der Waals surface area contributed by atoms with Crippen LogP contribution in [0.3, 0.4) is 0 Å². The van der Waals surface area contributed by atoms with Gasteiger partial charge in [-0.05, 0) is 12.5 Å². The Bertz CT molecular complexity index is 1890. The molecule has 2 fully saturated rings. The van der Waals surface area contributed by atoms with Crippen molar-refractivity contribution in [3.63, 3.8) is 0 Å². The van der Waals surface area contributed by atoms with Crippen molar-refractivity contribution >= 4 is 72.5 Å². The minimum atomic E-state index is -4.55. The molecule has 2 saturated heterocycles. The Labute approximate surface area is 267 Å². The van der Waals surface area contributed by atoms with E-state index in [1.165, 1.54) is 17.1 Å². The molecule has 19 nitrogen and oxygen atoms in total. The minimum absolute atomic E-state index is 0.143. The SMILES string of the molecule is Nc1nc2c(nnn2[C@@H]2O[C@H](CCO)[C@H](F)[C@H]2OP(=O)(S)OC[C@H]2O[C@@H](n3ccc4c(N)ncnc43)[C@@H](F)[C@@H]2O[PH](=O)S)c(=O)[nH]1. The lowest BCUT2D eigenvalue weighted by atomic mass is 10.1. The fourth-order valence-electron chi connectivity index (χ4n) is 5.25. The molecule has 46 heavy (non-hydrogen) atoms. The summed E-state index contributed by atoms with van der Waals surface area (Å²) < 4.78 is 86.6. The first-order valence-electron chi connectivity index (χ1n) is 13.3. The molecule has 250 valence electrons. The van der Waals surface area contributed by atoms with E-state index in [2.05, 4.69) is 54.7 Å². The second kappa shape index (κ2) is 13.1. The van der Waals surface area contributed by atoms with Crippen molar-refractivity contribution < 1.29 is 46.1 Å². The van der Waals surface area contributed by atoms with Gasteiger partial charge in [0.1, 0.15) is 36.1 Å². The summed E-state index contributed by atoms with van der Waals surface area (Å²) in [6, 6.07) is 1.55. The van der Waals surface area contributed by atoms with E-state index in [9.17, 15) is 19.0 Å². The lowest BCUT2D eigenvalue weighted by Gasteiger charge is -2.24. The number of nitrogen functional groups attached to an aromatic ring is 2. The lowest BCUT2D eigenvalue weighted by molar-refractivity contribution is -0.0511. The second-order valence-corrected chi connectivity index (χ2v) is 14.8. The van der Waals surface area contributed by atoms with Gasteiger partial charge in [-0.1, -0.05) is 29.7 Å². The van der Waals surface area contributed by atoms with Crippen LogP contribution in [0.2, 0.25) is 0 Å². The smallest absolute Gasteiger partial charge is 0.386 e. The zero-order valence-corrected chi connectivity index (χ0v) is 26.8. The number of anilines is 2. The summed E-state index contributed by atoms with van der Waals surface area (Å²) in [7, 11) is -3.02. The van der Waals surface area contributed by atoms with Gasteiger partial charge >= 0.3 is 6.80 Å². The van der Waals surface area contributed by atoms with Crippen molar-refractivity contribution in [2.75, 3.05) is 24.7 Å². The van der Waals surface area contributed by atoms with E-state index in [1.54, 1.807) is 6.07 Å². The molecular formula is C21H26F2N10O9P2S2. The number of aromatic nitrogens is 8. The van der Waals surface area contributed by atoms with Crippen LogP contribution in [0.15, 0.2) is 23.4 Å². The number of H-pyrrole nitrogens is 1. The van der Waals surface area contributed by atoms with Crippen LogP contribution < -0.4 is 17.0 Å². The van der Waals surface area contributed by atoms with Gasteiger partial charge < -0.3 is 35.1 Å². The number of nitrogens with two attached hydrogens (primary N) is 2. The number of fused-ring (bicyclic) bond motifs is 2. The largest absolute Gasteiger partial charge is 0.396 e. The average Bonchev–Trinajstić information content (AvgIpc) is 3.74. The Hall–Kier alpha value is -2.72. The number of ether oxygens (including phenoxy) is 2. The first-order chi connectivity index (χ1) is 21.9. The topological polar surface area (TPSA) is 260 Å². The summed E-state index contributed by atoms with van der Waals surface area (Å²) in [4.78, 5) is 26.5. The van der Waals surface area contributed by atoms with E-state index < -0.39 is 82.0 Å². The number of aliphatic hydroxyl groups is 1. The maximum absolute atomic E-state index is 15.7. The fraction of sp³-hybridized carbons (Fsp3) is 0.524. The lowest BCUT2D eigenvalue weighted by Crippen LogP contribution is -2.33. The van der Waals surface area contributed by atoms with Crippen LogP contribution in [0, 0.1) is 0 Å². The van der Waals surface area contributed by atoms with Gasteiger partial charge in [0.2, 0.25) is 13.2 Å². The normalized spacial score (nSPS) is 30.3. The molecule has 6 rings (SSSR count). The van der Waals surface area contributed by atoms with Crippen LogP contribution in [-0.4, -0.2) is 94.6 Å². The summed E-state index contributed by atoms with van der Waals surface area (Å²) in [6.07, 6.45) is -10.4. The second-order valence-electron chi connectivity index (χ2n) is 10.1. The monoisotopic (exact) mass is 726 g/mol. The van der Waals surface area contributed by atoms with Crippen molar-refractivity contribution in [1.82, 2.24) is 39.5 Å². The molecule has 2 unspecified atom stereocenters. The Morgan fingerprint density at radius 1 is 1.15 bits per heavy atom. The number of thiol groups is 2. The molecule has 0 aromatic carbocycles. The van der Waals surface area contributed by atoms with E-state index in [4.69, 9.17) is 34.5 Å². The summed E-state index contributed by atoms with van der Waals surface area (Å²) in [5, 5.41) is 17.4. The maximum Gasteiger partial charge on any atom is 0.386 e. The summed E-state index contributed by atoms with van der Waals surface area (Å²) in [5.74, 6) is -0.154. The molecule has 2 aliphatic rings. The van der Waals surface area contributed by atoms with Gasteiger partial charge in [0.15, 0.2) is 36.0 Å². The Morgan fingerprint density at radius 3 is 2.65 bits per heavy atom. The summed E-state index contributed by atoms with van der Waals surface area (Å²) in [5.41, 5.74) is 10.6. The molecule has 4 aromatic rings. The quantitative estimate of drug-likeness (QED) is 0.0935. The third-order valence-electron chi connectivity index (χ3n) is 7.25. The zero-order chi connectivity index (χ0) is 32.9. The minimum Gasteiger partial charge on any atom is -0.396 e. The number of hydrogen-bond donors (Lipinski definition) is 6. The van der Waals surface area contributed by atoms with Crippen molar-refractivity contribution in [3.8, 4) is 0 Å². The van der Waals surface area contributed by atoms with Crippen molar-refractivity contribution in [1.29, 1.82) is 0 Å². The predicted octanol–water partition coefficient (Wildman–Crippen LogP) is 1.12. The number of hydrogen-bond acceptors (Lipinski definition) is 16. The molecule has 0 bridgehead atoms. The number of aliphatic hydroxyl groups excluding tert-OH is 1. The Balaban J connectivity index is 1.23. The number of rotatable bonds is 11. The molecule has 4 aromatic heterocycles. The first-order valence-corrected chi connectivity index (χ1v) is 18.6. The van der Waals surface area contributed by atoms with Gasteiger partial charge in [0.25, 0.3) is 5.56 Å². The number of aromatic amines is 1. The molecular weight excluding hydrogens is 700 g/mol. The summed E-state index contributed by atoms with van der Waals surface area (Å²) in [6.45, 7) is -5.73. The predicted molar refractivity (Wildman–Crippen MR) is 162 cm³/mol. The molecule has 6 heterocycles. The number of nitrogens with zero attached hydrogens (tertiary/aromatic N) is 7. The molecule has 6 N–H and O–H groups in total. The molecule has 0 spiro atoms. The number of nitrogens with one attached hydrogen (secondary N) is 1. The molecule has 0 amide bonds.